The molecule has 1 N–H and O–H groups in total. The minimum Gasteiger partial charge on any atom is -0.492 e. The third kappa shape index (κ3) is 1.84. The molecule has 0 aromatic heterocycles. The second kappa shape index (κ2) is 5.61. The number of amides is 1. The number of cyclic esters (lactones) is 1. The summed E-state index contributed by atoms with van der Waals surface area (Å²) >= 11 is 0. The van der Waals surface area contributed by atoms with Crippen LogP contribution in [0.4, 0.5) is 0 Å². The van der Waals surface area contributed by atoms with Gasteiger partial charge in [0.2, 0.25) is 5.91 Å². The van der Waals surface area contributed by atoms with Gasteiger partial charge in [0.1, 0.15) is 17.8 Å². The van der Waals surface area contributed by atoms with Crippen molar-refractivity contribution in [1.82, 2.24) is 5.32 Å². The van der Waals surface area contributed by atoms with Crippen LogP contribution in [0.2, 0.25) is 0 Å². The van der Waals surface area contributed by atoms with Crippen molar-refractivity contribution in [2.24, 2.45) is 28.6 Å². The SMILES string of the molecule is CNC(=O)/C=C/O[C@@H]1[C@@]2(C(C)C)O[C@H]2[C@@H]2C[C@]23[C@]12O[C@H]2C[C@H]1C2=C(CC[C@@]13C)C(=O)OC2. The first-order chi connectivity index (χ1) is 15.3. The third-order valence-corrected chi connectivity index (χ3v) is 10.5. The van der Waals surface area contributed by atoms with Crippen LogP contribution < -0.4 is 5.32 Å². The fraction of sp³-hybridized carbons (Fsp3) is 0.760. The quantitative estimate of drug-likeness (QED) is 0.312. The lowest BCUT2D eigenvalue weighted by molar-refractivity contribution is -0.136. The zero-order valence-electron chi connectivity index (χ0n) is 19.1. The molecule has 3 heterocycles. The highest BCUT2D eigenvalue weighted by Gasteiger charge is 2.98. The number of hydrogen-bond acceptors (Lipinski definition) is 6. The van der Waals surface area contributed by atoms with Gasteiger partial charge in [-0.2, -0.15) is 0 Å². The van der Waals surface area contributed by atoms with E-state index in [9.17, 15) is 9.59 Å². The molecule has 4 aliphatic carbocycles. The van der Waals surface area contributed by atoms with Gasteiger partial charge in [-0.3, -0.25) is 4.79 Å². The summed E-state index contributed by atoms with van der Waals surface area (Å²) < 4.78 is 25.2. The van der Waals surface area contributed by atoms with Crippen molar-refractivity contribution in [2.45, 2.75) is 76.0 Å². The van der Waals surface area contributed by atoms with Gasteiger partial charge in [-0.05, 0) is 54.4 Å². The molecule has 5 fully saturated rings. The topological polar surface area (TPSA) is 89.7 Å². The summed E-state index contributed by atoms with van der Waals surface area (Å²) in [6.45, 7) is 7.27. The molecule has 1 amide bonds. The van der Waals surface area contributed by atoms with Gasteiger partial charge in [-0.25, -0.2) is 4.79 Å². The average Bonchev–Trinajstić information content (AvgIpc) is 3.66. The van der Waals surface area contributed by atoms with Gasteiger partial charge in [0.05, 0.1) is 18.5 Å². The van der Waals surface area contributed by atoms with E-state index in [0.717, 1.165) is 31.3 Å². The number of epoxide rings is 2. The van der Waals surface area contributed by atoms with Crippen LogP contribution in [0, 0.1) is 28.6 Å². The maximum absolute atomic E-state index is 12.3. The van der Waals surface area contributed by atoms with Crippen LogP contribution in [-0.4, -0.2) is 55.0 Å². The number of carbonyl (C=O) groups is 2. The van der Waals surface area contributed by atoms with Gasteiger partial charge in [0.15, 0.2) is 6.10 Å². The van der Waals surface area contributed by atoms with E-state index in [1.807, 2.05) is 0 Å². The zero-order valence-corrected chi connectivity index (χ0v) is 19.1. The number of hydrogen-bond donors (Lipinski definition) is 1. The molecule has 2 spiro atoms. The van der Waals surface area contributed by atoms with Crippen molar-refractivity contribution < 1.29 is 28.5 Å². The number of nitrogens with one attached hydrogen (secondary N) is 1. The van der Waals surface area contributed by atoms with Crippen molar-refractivity contribution in [2.75, 3.05) is 13.7 Å². The maximum Gasteiger partial charge on any atom is 0.334 e. The van der Waals surface area contributed by atoms with E-state index in [-0.39, 0.29) is 58.1 Å². The van der Waals surface area contributed by atoms with Crippen LogP contribution in [0.3, 0.4) is 0 Å². The molecule has 3 aliphatic heterocycles. The van der Waals surface area contributed by atoms with E-state index >= 15 is 0 Å². The normalized spacial score (nSPS) is 53.4. The Hall–Kier alpha value is -1.86. The molecular formula is C25H31NO6. The highest BCUT2D eigenvalue weighted by Crippen LogP contribution is 2.90. The summed E-state index contributed by atoms with van der Waals surface area (Å²) in [5, 5.41) is 2.60. The van der Waals surface area contributed by atoms with Crippen LogP contribution >= 0.6 is 0 Å². The first-order valence-electron chi connectivity index (χ1n) is 12.1. The Morgan fingerprint density at radius 2 is 2.12 bits per heavy atom. The summed E-state index contributed by atoms with van der Waals surface area (Å²) in [5.74, 6) is 0.761. The number of carbonyl (C=O) groups excluding carboxylic acids is 2. The summed E-state index contributed by atoms with van der Waals surface area (Å²) in [5.41, 5.74) is 1.42. The van der Waals surface area contributed by atoms with Crippen LogP contribution in [0.1, 0.15) is 46.5 Å². The van der Waals surface area contributed by atoms with Crippen LogP contribution in [0.25, 0.3) is 0 Å². The smallest absolute Gasteiger partial charge is 0.334 e. The second-order valence-electron chi connectivity index (χ2n) is 11.4. The largest absolute Gasteiger partial charge is 0.492 e. The number of ether oxygens (including phenoxy) is 4. The summed E-state index contributed by atoms with van der Waals surface area (Å²) in [4.78, 5) is 24.1. The number of esters is 1. The van der Waals surface area contributed by atoms with E-state index in [4.69, 9.17) is 18.9 Å². The van der Waals surface area contributed by atoms with Gasteiger partial charge >= 0.3 is 5.97 Å². The molecule has 9 atom stereocenters. The van der Waals surface area contributed by atoms with Crippen molar-refractivity contribution in [1.29, 1.82) is 0 Å². The fourth-order valence-electron chi connectivity index (χ4n) is 8.97. The van der Waals surface area contributed by atoms with Gasteiger partial charge in [-0.15, -0.1) is 0 Å². The Labute approximate surface area is 187 Å². The Bertz CT molecular complexity index is 1020. The summed E-state index contributed by atoms with van der Waals surface area (Å²) in [7, 11) is 1.61. The van der Waals surface area contributed by atoms with Gasteiger partial charge < -0.3 is 24.3 Å². The number of fused-ring (bicyclic) bond motifs is 4. The minimum atomic E-state index is -0.380. The van der Waals surface area contributed by atoms with E-state index < -0.39 is 0 Å². The summed E-state index contributed by atoms with van der Waals surface area (Å²) in [6, 6.07) is 0. The van der Waals surface area contributed by atoms with Crippen molar-refractivity contribution in [3.8, 4) is 0 Å². The Balaban J connectivity index is 1.32. The van der Waals surface area contributed by atoms with Gasteiger partial charge in [0.25, 0.3) is 0 Å². The van der Waals surface area contributed by atoms with E-state index in [2.05, 4.69) is 26.1 Å². The molecule has 0 bridgehead atoms. The lowest BCUT2D eigenvalue weighted by atomic mass is 9.45. The molecule has 172 valence electrons. The number of rotatable bonds is 4. The van der Waals surface area contributed by atoms with E-state index in [0.29, 0.717) is 18.4 Å². The molecule has 7 nitrogen and oxygen atoms in total. The Morgan fingerprint density at radius 3 is 2.88 bits per heavy atom. The molecule has 2 saturated heterocycles. The molecular weight excluding hydrogens is 410 g/mol. The van der Waals surface area contributed by atoms with Crippen LogP contribution in [0.5, 0.6) is 0 Å². The van der Waals surface area contributed by atoms with Crippen molar-refractivity contribution in [3.05, 3.63) is 23.5 Å². The molecule has 0 aromatic carbocycles. The molecule has 3 saturated carbocycles. The van der Waals surface area contributed by atoms with E-state index in [1.165, 1.54) is 17.9 Å². The first kappa shape index (κ1) is 19.6. The highest BCUT2D eigenvalue weighted by atomic mass is 16.7. The van der Waals surface area contributed by atoms with Crippen molar-refractivity contribution >= 4 is 11.9 Å². The molecule has 32 heavy (non-hydrogen) atoms. The molecule has 0 radical (unpaired) electrons. The minimum absolute atomic E-state index is 0.0111. The Kier molecular flexibility index (Phi) is 3.43. The molecule has 7 aliphatic rings. The predicted molar refractivity (Wildman–Crippen MR) is 112 cm³/mol. The monoisotopic (exact) mass is 441 g/mol. The molecule has 0 unspecified atom stereocenters. The zero-order chi connectivity index (χ0) is 22.3. The van der Waals surface area contributed by atoms with Crippen LogP contribution in [0.15, 0.2) is 23.5 Å². The Morgan fingerprint density at radius 1 is 1.31 bits per heavy atom. The standard InChI is InChI=1S/C25H31NO6/c1-12(2)24-19(32-24)16-10-23(16)22(3)7-5-13-14(11-30-20(13)28)15(22)9-17-25(23,31-17)21(24)29-8-6-18(27)26-4/h6,8,12,15-17,19,21H,5,7,9-11H2,1-4H3,(H,26,27)/b8-6+/t15-,16-,17-,19-,21+,22-,23-,24-,25+/m0/s1. The van der Waals surface area contributed by atoms with Crippen LogP contribution in [-0.2, 0) is 28.5 Å². The fourth-order valence-corrected chi connectivity index (χ4v) is 8.97. The van der Waals surface area contributed by atoms with Gasteiger partial charge in [-0.1, -0.05) is 20.8 Å². The lowest BCUT2D eigenvalue weighted by Gasteiger charge is -2.56. The molecule has 7 rings (SSSR count). The second-order valence-corrected chi connectivity index (χ2v) is 11.4. The molecule has 7 heteroatoms. The number of likely N-dealkylation sites (N-methyl/N-ethyl adjacent to an activating group) is 1. The third-order valence-electron chi connectivity index (χ3n) is 10.5. The van der Waals surface area contributed by atoms with Crippen molar-refractivity contribution in [3.63, 3.8) is 0 Å². The van der Waals surface area contributed by atoms with Gasteiger partial charge in [0, 0.05) is 24.1 Å². The van der Waals surface area contributed by atoms with E-state index in [1.54, 1.807) is 7.05 Å². The highest BCUT2D eigenvalue weighted by molar-refractivity contribution is 5.92. The molecule has 0 aromatic rings. The lowest BCUT2D eigenvalue weighted by Crippen LogP contribution is -2.65. The maximum atomic E-state index is 12.3. The predicted octanol–water partition coefficient (Wildman–Crippen LogP) is 2.26. The first-order valence-corrected chi connectivity index (χ1v) is 12.1. The summed E-state index contributed by atoms with van der Waals surface area (Å²) in [6.07, 6.45) is 6.76. The average molecular weight is 442 g/mol.